The van der Waals surface area contributed by atoms with Gasteiger partial charge in [0.05, 0.1) is 14.2 Å². The van der Waals surface area contributed by atoms with Gasteiger partial charge >= 0.3 is 0 Å². The highest BCUT2D eigenvalue weighted by molar-refractivity contribution is 5.45. The van der Waals surface area contributed by atoms with Gasteiger partial charge in [0, 0.05) is 12.5 Å². The van der Waals surface area contributed by atoms with E-state index in [2.05, 4.69) is 20.1 Å². The van der Waals surface area contributed by atoms with Crippen LogP contribution < -0.4 is 29.4 Å². The molecular weight excluding hydrogens is 440 g/mol. The van der Waals surface area contributed by atoms with E-state index in [4.69, 9.17) is 29.4 Å². The number of methoxy groups -OCH3 is 2. The Morgan fingerprint density at radius 2 is 1.76 bits per heavy atom. The molecule has 1 aliphatic heterocycles. The third-order valence-corrected chi connectivity index (χ3v) is 5.17. The molecule has 0 saturated carbocycles. The number of fused-ring (bicyclic) bond motifs is 1. The van der Waals surface area contributed by atoms with Crippen LogP contribution in [0.25, 0.3) is 5.82 Å². The Kier molecular flexibility index (Phi) is 5.73. The Bertz CT molecular complexity index is 1330. The molecule has 0 aliphatic carbocycles. The van der Waals surface area contributed by atoms with Gasteiger partial charge in [-0.1, -0.05) is 12.1 Å². The molecular formula is C23H22N6O5. The predicted octanol–water partition coefficient (Wildman–Crippen LogP) is 2.56. The summed E-state index contributed by atoms with van der Waals surface area (Å²) in [5, 5.41) is 4.30. The second-order valence-electron chi connectivity index (χ2n) is 7.35. The van der Waals surface area contributed by atoms with Gasteiger partial charge in [0.25, 0.3) is 0 Å². The molecule has 0 fully saturated rings. The smallest absolute Gasteiger partial charge is 0.240 e. The topological polar surface area (TPSA) is 129 Å². The molecule has 0 spiro atoms. The molecule has 0 unspecified atom stereocenters. The molecule has 34 heavy (non-hydrogen) atoms. The average Bonchev–Trinajstić information content (AvgIpc) is 3.48. The SMILES string of the molecule is COc1ccc(Cc2nc(N)nn2-c2cc(OCc3ccc4c(c3)OCO4)ncn2)cc1OC. The van der Waals surface area contributed by atoms with Crippen molar-refractivity contribution in [2.24, 2.45) is 0 Å². The zero-order valence-corrected chi connectivity index (χ0v) is 18.6. The van der Waals surface area contributed by atoms with Crippen LogP contribution in [0.3, 0.4) is 0 Å². The van der Waals surface area contributed by atoms with Crippen molar-refractivity contribution in [1.82, 2.24) is 24.7 Å². The lowest BCUT2D eigenvalue weighted by atomic mass is 10.1. The van der Waals surface area contributed by atoms with Gasteiger partial charge in [-0.25, -0.2) is 9.97 Å². The predicted molar refractivity (Wildman–Crippen MR) is 121 cm³/mol. The quantitative estimate of drug-likeness (QED) is 0.417. The van der Waals surface area contributed by atoms with Gasteiger partial charge in [0.1, 0.15) is 18.8 Å². The maximum absolute atomic E-state index is 5.91. The van der Waals surface area contributed by atoms with Crippen LogP contribution >= 0.6 is 0 Å². The van der Waals surface area contributed by atoms with Crippen molar-refractivity contribution in [2.45, 2.75) is 13.0 Å². The fourth-order valence-electron chi connectivity index (χ4n) is 3.55. The van der Waals surface area contributed by atoms with Crippen molar-refractivity contribution in [3.63, 3.8) is 0 Å². The van der Waals surface area contributed by atoms with Crippen LogP contribution in [-0.2, 0) is 13.0 Å². The Hall–Kier alpha value is -4.54. The zero-order valence-electron chi connectivity index (χ0n) is 18.6. The molecule has 174 valence electrons. The highest BCUT2D eigenvalue weighted by Gasteiger charge is 2.16. The standard InChI is InChI=1S/C23H22N6O5/c1-30-16-5-3-14(7-18(16)31-2)9-21-27-23(24)28-29(21)20-10-22(26-12-25-20)32-11-15-4-6-17-19(8-15)34-13-33-17/h3-8,10,12H,9,11,13H2,1-2H3,(H2,24,28). The number of nitrogens with zero attached hydrogens (tertiary/aromatic N) is 5. The summed E-state index contributed by atoms with van der Waals surface area (Å²) in [5.41, 5.74) is 7.77. The molecule has 0 bridgehead atoms. The highest BCUT2D eigenvalue weighted by Crippen LogP contribution is 2.33. The minimum absolute atomic E-state index is 0.136. The molecule has 2 aromatic heterocycles. The van der Waals surface area contributed by atoms with E-state index in [-0.39, 0.29) is 12.7 Å². The number of rotatable bonds is 8. The van der Waals surface area contributed by atoms with Crippen LogP contribution in [0.5, 0.6) is 28.9 Å². The minimum atomic E-state index is 0.136. The molecule has 11 heteroatoms. The van der Waals surface area contributed by atoms with E-state index >= 15 is 0 Å². The molecule has 2 aromatic carbocycles. The third-order valence-electron chi connectivity index (χ3n) is 5.17. The van der Waals surface area contributed by atoms with Crippen LogP contribution in [0.15, 0.2) is 48.8 Å². The van der Waals surface area contributed by atoms with Crippen LogP contribution in [0.1, 0.15) is 17.0 Å². The maximum atomic E-state index is 5.91. The number of nitrogen functional groups attached to an aromatic ring is 1. The Balaban J connectivity index is 1.35. The van der Waals surface area contributed by atoms with Crippen LogP contribution in [-0.4, -0.2) is 45.7 Å². The number of benzene rings is 2. The molecule has 2 N–H and O–H groups in total. The van der Waals surface area contributed by atoms with E-state index in [0.717, 1.165) is 16.9 Å². The number of ether oxygens (including phenoxy) is 5. The lowest BCUT2D eigenvalue weighted by Gasteiger charge is -2.10. The third kappa shape index (κ3) is 4.35. The first-order valence-corrected chi connectivity index (χ1v) is 10.4. The summed E-state index contributed by atoms with van der Waals surface area (Å²) in [6.07, 6.45) is 1.85. The fourth-order valence-corrected chi connectivity index (χ4v) is 3.55. The minimum Gasteiger partial charge on any atom is -0.493 e. The van der Waals surface area contributed by atoms with E-state index in [1.165, 1.54) is 6.33 Å². The van der Waals surface area contributed by atoms with Gasteiger partial charge < -0.3 is 29.4 Å². The summed E-state index contributed by atoms with van der Waals surface area (Å²) in [6.45, 7) is 0.521. The molecule has 5 rings (SSSR count). The second kappa shape index (κ2) is 9.14. The Morgan fingerprint density at radius 1 is 0.941 bits per heavy atom. The molecule has 0 saturated heterocycles. The zero-order chi connectivity index (χ0) is 23.5. The maximum Gasteiger partial charge on any atom is 0.240 e. The largest absolute Gasteiger partial charge is 0.493 e. The van der Waals surface area contributed by atoms with Gasteiger partial charge in [-0.15, -0.1) is 5.10 Å². The van der Waals surface area contributed by atoms with E-state index in [9.17, 15) is 0 Å². The lowest BCUT2D eigenvalue weighted by molar-refractivity contribution is 0.174. The number of nitrogens with two attached hydrogens (primary N) is 1. The number of anilines is 1. The summed E-state index contributed by atoms with van der Waals surface area (Å²) >= 11 is 0. The summed E-state index contributed by atoms with van der Waals surface area (Å²) in [5.74, 6) is 4.29. The highest BCUT2D eigenvalue weighted by atomic mass is 16.7. The van der Waals surface area contributed by atoms with Gasteiger partial charge in [0.15, 0.2) is 28.8 Å². The molecule has 0 atom stereocenters. The van der Waals surface area contributed by atoms with E-state index in [0.29, 0.717) is 47.8 Å². The first-order valence-electron chi connectivity index (χ1n) is 10.4. The van der Waals surface area contributed by atoms with Crippen molar-refractivity contribution >= 4 is 5.95 Å². The Morgan fingerprint density at radius 3 is 2.62 bits per heavy atom. The van der Waals surface area contributed by atoms with Crippen molar-refractivity contribution in [2.75, 3.05) is 26.7 Å². The van der Waals surface area contributed by atoms with Crippen LogP contribution in [0.2, 0.25) is 0 Å². The normalized spacial score (nSPS) is 11.9. The monoisotopic (exact) mass is 462 g/mol. The van der Waals surface area contributed by atoms with Gasteiger partial charge in [0.2, 0.25) is 18.6 Å². The summed E-state index contributed by atoms with van der Waals surface area (Å²) in [6, 6.07) is 13.0. The molecule has 0 radical (unpaired) electrons. The first kappa shape index (κ1) is 21.3. The van der Waals surface area contributed by atoms with E-state index in [1.807, 2.05) is 36.4 Å². The number of aromatic nitrogens is 5. The van der Waals surface area contributed by atoms with Crippen molar-refractivity contribution in [3.8, 4) is 34.7 Å². The first-order chi connectivity index (χ1) is 16.6. The summed E-state index contributed by atoms with van der Waals surface area (Å²) < 4.78 is 28.9. The summed E-state index contributed by atoms with van der Waals surface area (Å²) in [4.78, 5) is 12.9. The van der Waals surface area contributed by atoms with Crippen LogP contribution in [0.4, 0.5) is 5.95 Å². The molecule has 4 aromatic rings. The van der Waals surface area contributed by atoms with E-state index < -0.39 is 0 Å². The van der Waals surface area contributed by atoms with Gasteiger partial charge in [-0.3, -0.25) is 0 Å². The Labute approximate surface area is 195 Å². The second-order valence-corrected chi connectivity index (χ2v) is 7.35. The molecule has 3 heterocycles. The lowest BCUT2D eigenvalue weighted by Crippen LogP contribution is -2.07. The van der Waals surface area contributed by atoms with Crippen molar-refractivity contribution in [1.29, 1.82) is 0 Å². The van der Waals surface area contributed by atoms with Crippen LogP contribution in [0, 0.1) is 0 Å². The summed E-state index contributed by atoms with van der Waals surface area (Å²) in [7, 11) is 3.18. The molecule has 1 aliphatic rings. The molecule has 11 nitrogen and oxygen atoms in total. The number of hydrogen-bond acceptors (Lipinski definition) is 10. The fraction of sp³-hybridized carbons (Fsp3) is 0.217. The number of hydrogen-bond donors (Lipinski definition) is 1. The van der Waals surface area contributed by atoms with Gasteiger partial charge in [-0.2, -0.15) is 9.67 Å². The average molecular weight is 462 g/mol. The van der Waals surface area contributed by atoms with E-state index in [1.54, 1.807) is 25.0 Å². The van der Waals surface area contributed by atoms with Crippen molar-refractivity contribution < 1.29 is 23.7 Å². The molecule has 0 amide bonds. The van der Waals surface area contributed by atoms with Gasteiger partial charge in [-0.05, 0) is 35.4 Å². The van der Waals surface area contributed by atoms with Crippen molar-refractivity contribution in [3.05, 3.63) is 65.7 Å².